The van der Waals surface area contributed by atoms with E-state index in [4.69, 9.17) is 11.6 Å². The Kier molecular flexibility index (Phi) is 3.34. The maximum atomic E-state index is 6.03. The summed E-state index contributed by atoms with van der Waals surface area (Å²) >= 11 is 6.03. The second-order valence-corrected chi connectivity index (χ2v) is 6.58. The largest absolute Gasteiger partial charge is 0.342 e. The zero-order chi connectivity index (χ0) is 14.2. The topological polar surface area (TPSA) is 7.94 Å². The molecule has 1 unspecified atom stereocenters. The molecule has 2 aromatic rings. The molecule has 0 bridgehead atoms. The van der Waals surface area contributed by atoms with Crippen LogP contribution in [0.4, 0.5) is 0 Å². The molecule has 4 rings (SSSR count). The average Bonchev–Trinajstić information content (AvgIpc) is 3.18. The van der Waals surface area contributed by atoms with Gasteiger partial charge in [-0.1, -0.05) is 23.7 Å². The fraction of sp³-hybridized carbons (Fsp3) is 0.389. The quantitative estimate of drug-likeness (QED) is 0.705. The first-order valence-corrected chi connectivity index (χ1v) is 8.21. The molecule has 2 aliphatic rings. The maximum absolute atomic E-state index is 6.03. The molecule has 3 heterocycles. The van der Waals surface area contributed by atoms with Crippen LogP contribution in [0, 0.1) is 0 Å². The summed E-state index contributed by atoms with van der Waals surface area (Å²) in [7, 11) is 0. The summed E-state index contributed by atoms with van der Waals surface area (Å²) in [4.78, 5) is 0. The Labute approximate surface area is 130 Å². The van der Waals surface area contributed by atoms with E-state index < -0.39 is 0 Å². The Balaban J connectivity index is 1.74. The van der Waals surface area contributed by atoms with E-state index in [0.717, 1.165) is 18.0 Å². The Bertz CT molecular complexity index is 673. The van der Waals surface area contributed by atoms with Gasteiger partial charge in [-0.25, -0.2) is 4.58 Å². The van der Waals surface area contributed by atoms with E-state index in [-0.39, 0.29) is 0 Å². The number of aromatic nitrogens is 1. The monoisotopic (exact) mass is 299 g/mol. The maximum Gasteiger partial charge on any atom is 0.200 e. The van der Waals surface area contributed by atoms with Crippen molar-refractivity contribution in [3.63, 3.8) is 0 Å². The van der Waals surface area contributed by atoms with E-state index in [1.807, 2.05) is 12.1 Å². The minimum Gasteiger partial charge on any atom is -0.342 e. The highest BCUT2D eigenvalue weighted by atomic mass is 35.5. The van der Waals surface area contributed by atoms with Crippen LogP contribution in [0.5, 0.6) is 0 Å². The summed E-state index contributed by atoms with van der Waals surface area (Å²) in [6.45, 7) is 3.50. The fourth-order valence-corrected chi connectivity index (χ4v) is 3.84. The first-order valence-electron chi connectivity index (χ1n) is 7.83. The summed E-state index contributed by atoms with van der Waals surface area (Å²) in [5.74, 6) is 0.553. The summed E-state index contributed by atoms with van der Waals surface area (Å²) in [6.07, 6.45) is 6.02. The number of nitrogens with zero attached hydrogens (tertiary/aromatic N) is 2. The third-order valence-electron chi connectivity index (χ3n) is 4.81. The highest BCUT2D eigenvalue weighted by Crippen LogP contribution is 2.30. The molecular weight excluding hydrogens is 280 g/mol. The van der Waals surface area contributed by atoms with Crippen molar-refractivity contribution in [3.8, 4) is 0 Å². The summed E-state index contributed by atoms with van der Waals surface area (Å²) in [5, 5.41) is 0.819. The number of hydrogen-bond donors (Lipinski definition) is 0. The Morgan fingerprint density at radius 1 is 1.05 bits per heavy atom. The van der Waals surface area contributed by atoms with Crippen LogP contribution >= 0.6 is 11.6 Å². The lowest BCUT2D eigenvalue weighted by Crippen LogP contribution is -2.30. The number of benzene rings is 1. The van der Waals surface area contributed by atoms with E-state index in [2.05, 4.69) is 39.6 Å². The smallest absolute Gasteiger partial charge is 0.200 e. The molecular formula is C18H20ClN2+. The van der Waals surface area contributed by atoms with Crippen LogP contribution in [0.25, 0.3) is 0 Å². The van der Waals surface area contributed by atoms with E-state index >= 15 is 0 Å². The van der Waals surface area contributed by atoms with Gasteiger partial charge >= 0.3 is 0 Å². The van der Waals surface area contributed by atoms with Gasteiger partial charge in [0.1, 0.15) is 18.8 Å². The summed E-state index contributed by atoms with van der Waals surface area (Å²) < 4.78 is 5.00. The average molecular weight is 300 g/mol. The third-order valence-corrected chi connectivity index (χ3v) is 5.06. The molecule has 2 nitrogen and oxygen atoms in total. The summed E-state index contributed by atoms with van der Waals surface area (Å²) in [6, 6.07) is 12.8. The van der Waals surface area contributed by atoms with Gasteiger partial charge < -0.3 is 4.57 Å². The first-order chi connectivity index (χ1) is 10.3. The summed E-state index contributed by atoms with van der Waals surface area (Å²) in [5.41, 5.74) is 4.35. The molecule has 3 heteroatoms. The molecule has 1 aromatic heterocycles. The van der Waals surface area contributed by atoms with Crippen LogP contribution in [0.1, 0.15) is 36.4 Å². The highest BCUT2D eigenvalue weighted by Gasteiger charge is 2.31. The molecule has 1 saturated heterocycles. The fourth-order valence-electron chi connectivity index (χ4n) is 3.71. The van der Waals surface area contributed by atoms with E-state index in [9.17, 15) is 0 Å². The number of hydrogen-bond acceptors (Lipinski definition) is 0. The van der Waals surface area contributed by atoms with Crippen molar-refractivity contribution in [3.05, 3.63) is 58.9 Å². The van der Waals surface area contributed by atoms with Crippen LogP contribution in [0.2, 0.25) is 5.02 Å². The van der Waals surface area contributed by atoms with Crippen LogP contribution in [0.15, 0.2) is 42.6 Å². The van der Waals surface area contributed by atoms with Gasteiger partial charge in [0.15, 0.2) is 0 Å². The van der Waals surface area contributed by atoms with Crippen LogP contribution in [-0.2, 0) is 6.54 Å². The van der Waals surface area contributed by atoms with Crippen LogP contribution < -0.4 is 0 Å². The SMILES string of the molecule is Clc1ccc(C2CC(=[N+]3CCCC3)c3cccn3C2)cc1. The normalized spacial score (nSPS) is 21.7. The molecule has 21 heavy (non-hydrogen) atoms. The van der Waals surface area contributed by atoms with Crippen LogP contribution in [0.3, 0.4) is 0 Å². The molecule has 1 atom stereocenters. The van der Waals surface area contributed by atoms with Gasteiger partial charge in [0.2, 0.25) is 5.71 Å². The first kappa shape index (κ1) is 13.1. The predicted octanol–water partition coefficient (Wildman–Crippen LogP) is 3.92. The van der Waals surface area contributed by atoms with Crippen molar-refractivity contribution >= 4 is 17.3 Å². The van der Waals surface area contributed by atoms with Gasteiger partial charge in [-0.15, -0.1) is 0 Å². The van der Waals surface area contributed by atoms with Crippen molar-refractivity contribution in [2.24, 2.45) is 0 Å². The zero-order valence-electron chi connectivity index (χ0n) is 12.1. The number of rotatable bonds is 1. The van der Waals surface area contributed by atoms with Gasteiger partial charge in [-0.2, -0.15) is 0 Å². The zero-order valence-corrected chi connectivity index (χ0v) is 12.9. The molecule has 0 saturated carbocycles. The molecule has 0 spiro atoms. The Morgan fingerprint density at radius 2 is 1.81 bits per heavy atom. The molecule has 108 valence electrons. The van der Waals surface area contributed by atoms with E-state index in [1.165, 1.54) is 42.9 Å². The van der Waals surface area contributed by atoms with Gasteiger partial charge in [-0.3, -0.25) is 0 Å². The lowest BCUT2D eigenvalue weighted by atomic mass is 9.89. The van der Waals surface area contributed by atoms with Crippen molar-refractivity contribution < 1.29 is 4.58 Å². The van der Waals surface area contributed by atoms with Crippen molar-refractivity contribution in [1.82, 2.24) is 4.57 Å². The van der Waals surface area contributed by atoms with Gasteiger partial charge in [0.05, 0.1) is 0 Å². The molecule has 0 radical (unpaired) electrons. The lowest BCUT2D eigenvalue weighted by Gasteiger charge is -2.25. The van der Waals surface area contributed by atoms with Gasteiger partial charge in [0, 0.05) is 42.9 Å². The second kappa shape index (κ2) is 5.34. The van der Waals surface area contributed by atoms with Crippen LogP contribution in [-0.4, -0.2) is 27.9 Å². The van der Waals surface area contributed by atoms with Crippen molar-refractivity contribution in [2.45, 2.75) is 31.7 Å². The van der Waals surface area contributed by atoms with Gasteiger partial charge in [0.25, 0.3) is 0 Å². The predicted molar refractivity (Wildman–Crippen MR) is 86.6 cm³/mol. The van der Waals surface area contributed by atoms with Gasteiger partial charge in [-0.05, 0) is 29.8 Å². The molecule has 0 aliphatic carbocycles. The lowest BCUT2D eigenvalue weighted by molar-refractivity contribution is -0.507. The molecule has 0 amide bonds. The van der Waals surface area contributed by atoms with Crippen molar-refractivity contribution in [2.75, 3.05) is 13.1 Å². The minimum absolute atomic E-state index is 0.553. The Hall–Kier alpha value is -1.54. The number of halogens is 1. The Morgan fingerprint density at radius 3 is 2.57 bits per heavy atom. The molecule has 1 aromatic carbocycles. The molecule has 0 N–H and O–H groups in total. The van der Waals surface area contributed by atoms with E-state index in [1.54, 1.807) is 0 Å². The number of fused-ring (bicyclic) bond motifs is 1. The van der Waals surface area contributed by atoms with Crippen molar-refractivity contribution in [1.29, 1.82) is 0 Å². The standard InChI is InChI=1S/C18H20ClN2/c19-16-7-5-14(6-8-16)15-12-18(20-9-1-2-10-20)17-4-3-11-21(17)13-15/h3-8,11,15H,1-2,9-10,12-13H2/q+1. The molecule has 1 fully saturated rings. The third kappa shape index (κ3) is 2.42. The molecule has 2 aliphatic heterocycles. The second-order valence-electron chi connectivity index (χ2n) is 6.14. The highest BCUT2D eigenvalue weighted by molar-refractivity contribution is 6.30. The van der Waals surface area contributed by atoms with E-state index in [0.29, 0.717) is 5.92 Å². The minimum atomic E-state index is 0.553.